The molecule has 118 valence electrons. The second kappa shape index (κ2) is 6.97. The highest BCUT2D eigenvalue weighted by Crippen LogP contribution is 2.32. The molecule has 0 saturated carbocycles. The number of ether oxygens (including phenoxy) is 1. The first kappa shape index (κ1) is 15.8. The summed E-state index contributed by atoms with van der Waals surface area (Å²) >= 11 is 3.01. The SMILES string of the molecule is COc1ccccc1NC(=O)[C@@H](C)Sc1ncnc2ccsc12. The Hall–Kier alpha value is -2.12. The second-order valence-corrected chi connectivity index (χ2v) is 7.01. The summed E-state index contributed by atoms with van der Waals surface area (Å²) in [5.74, 6) is 0.545. The van der Waals surface area contributed by atoms with Crippen molar-refractivity contribution in [2.75, 3.05) is 12.4 Å². The number of nitrogens with one attached hydrogen (secondary N) is 1. The molecule has 1 atom stereocenters. The minimum atomic E-state index is -0.292. The summed E-state index contributed by atoms with van der Waals surface area (Å²) in [6.07, 6.45) is 1.53. The van der Waals surface area contributed by atoms with E-state index in [0.717, 1.165) is 15.2 Å². The summed E-state index contributed by atoms with van der Waals surface area (Å²) in [5, 5.41) is 5.41. The lowest BCUT2D eigenvalue weighted by Crippen LogP contribution is -2.22. The molecule has 0 aliphatic carbocycles. The molecule has 23 heavy (non-hydrogen) atoms. The third-order valence-electron chi connectivity index (χ3n) is 3.23. The molecule has 2 heterocycles. The van der Waals surface area contributed by atoms with Crippen LogP contribution in [0.25, 0.3) is 10.2 Å². The van der Waals surface area contributed by atoms with Crippen LogP contribution >= 0.6 is 23.1 Å². The van der Waals surface area contributed by atoms with E-state index in [-0.39, 0.29) is 11.2 Å². The van der Waals surface area contributed by atoms with Crippen LogP contribution < -0.4 is 10.1 Å². The molecule has 0 spiro atoms. The number of carbonyl (C=O) groups excluding carboxylic acids is 1. The number of rotatable bonds is 5. The van der Waals surface area contributed by atoms with Gasteiger partial charge in [0.15, 0.2) is 0 Å². The van der Waals surface area contributed by atoms with Crippen molar-refractivity contribution in [3.05, 3.63) is 42.0 Å². The molecule has 7 heteroatoms. The predicted octanol–water partition coefficient (Wildman–Crippen LogP) is 3.82. The highest BCUT2D eigenvalue weighted by atomic mass is 32.2. The fraction of sp³-hybridized carbons (Fsp3) is 0.188. The quantitative estimate of drug-likeness (QED) is 0.562. The van der Waals surface area contributed by atoms with Crippen molar-refractivity contribution in [1.82, 2.24) is 9.97 Å². The lowest BCUT2D eigenvalue weighted by molar-refractivity contribution is -0.115. The molecule has 5 nitrogen and oxygen atoms in total. The van der Waals surface area contributed by atoms with E-state index in [1.54, 1.807) is 18.4 Å². The Morgan fingerprint density at radius 1 is 1.30 bits per heavy atom. The van der Waals surface area contributed by atoms with Crippen molar-refractivity contribution >= 4 is 44.9 Å². The monoisotopic (exact) mass is 345 g/mol. The number of anilines is 1. The maximum atomic E-state index is 12.4. The van der Waals surface area contributed by atoms with Crippen molar-refractivity contribution in [2.24, 2.45) is 0 Å². The van der Waals surface area contributed by atoms with Crippen molar-refractivity contribution in [2.45, 2.75) is 17.2 Å². The van der Waals surface area contributed by atoms with Crippen molar-refractivity contribution in [1.29, 1.82) is 0 Å². The van der Waals surface area contributed by atoms with Gasteiger partial charge >= 0.3 is 0 Å². The van der Waals surface area contributed by atoms with E-state index in [1.807, 2.05) is 42.6 Å². The molecule has 0 bridgehead atoms. The van der Waals surface area contributed by atoms with Crippen LogP contribution in [0.15, 0.2) is 47.1 Å². The Bertz CT molecular complexity index is 835. The van der Waals surface area contributed by atoms with Gasteiger partial charge in [-0.05, 0) is 30.5 Å². The Morgan fingerprint density at radius 3 is 2.96 bits per heavy atom. The molecule has 1 amide bonds. The molecular formula is C16H15N3O2S2. The number of hydrogen-bond acceptors (Lipinski definition) is 6. The number of methoxy groups -OCH3 is 1. The van der Waals surface area contributed by atoms with E-state index in [9.17, 15) is 4.79 Å². The van der Waals surface area contributed by atoms with Gasteiger partial charge in [0, 0.05) is 0 Å². The van der Waals surface area contributed by atoms with Gasteiger partial charge in [0.25, 0.3) is 0 Å². The average molecular weight is 345 g/mol. The number of carbonyl (C=O) groups is 1. The predicted molar refractivity (Wildman–Crippen MR) is 94.4 cm³/mol. The maximum absolute atomic E-state index is 12.4. The minimum Gasteiger partial charge on any atom is -0.495 e. The van der Waals surface area contributed by atoms with Gasteiger partial charge in [0.2, 0.25) is 5.91 Å². The van der Waals surface area contributed by atoms with Gasteiger partial charge in [0.05, 0.1) is 28.3 Å². The van der Waals surface area contributed by atoms with E-state index in [0.29, 0.717) is 11.4 Å². The third-order valence-corrected chi connectivity index (χ3v) is 5.37. The number of aromatic nitrogens is 2. The van der Waals surface area contributed by atoms with Gasteiger partial charge in [-0.1, -0.05) is 23.9 Å². The topological polar surface area (TPSA) is 64.1 Å². The van der Waals surface area contributed by atoms with E-state index in [2.05, 4.69) is 15.3 Å². The van der Waals surface area contributed by atoms with Crippen LogP contribution in [0.2, 0.25) is 0 Å². The van der Waals surface area contributed by atoms with Crippen LogP contribution in [-0.2, 0) is 4.79 Å². The van der Waals surface area contributed by atoms with Crippen LogP contribution in [0, 0.1) is 0 Å². The number of thiophene rings is 1. The van der Waals surface area contributed by atoms with Crippen LogP contribution in [0.1, 0.15) is 6.92 Å². The number of para-hydroxylation sites is 2. The summed E-state index contributed by atoms with van der Waals surface area (Å²) in [6, 6.07) is 9.30. The first-order chi connectivity index (χ1) is 11.2. The molecule has 0 aliphatic heterocycles. The lowest BCUT2D eigenvalue weighted by Gasteiger charge is -2.13. The van der Waals surface area contributed by atoms with Gasteiger partial charge in [-0.15, -0.1) is 11.3 Å². The Morgan fingerprint density at radius 2 is 2.13 bits per heavy atom. The molecule has 0 fully saturated rings. The summed E-state index contributed by atoms with van der Waals surface area (Å²) in [5.41, 5.74) is 1.57. The van der Waals surface area contributed by atoms with Crippen LogP contribution in [0.3, 0.4) is 0 Å². The minimum absolute atomic E-state index is 0.0946. The van der Waals surface area contributed by atoms with Crippen molar-refractivity contribution in [3.8, 4) is 5.75 Å². The Balaban J connectivity index is 1.74. The lowest BCUT2D eigenvalue weighted by atomic mass is 10.3. The van der Waals surface area contributed by atoms with Gasteiger partial charge < -0.3 is 10.1 Å². The first-order valence-corrected chi connectivity index (χ1v) is 8.73. The number of nitrogens with zero attached hydrogens (tertiary/aromatic N) is 2. The fourth-order valence-electron chi connectivity index (χ4n) is 2.05. The molecule has 0 radical (unpaired) electrons. The van der Waals surface area contributed by atoms with Gasteiger partial charge in [-0.2, -0.15) is 0 Å². The number of fused-ring (bicyclic) bond motifs is 1. The number of amides is 1. The van der Waals surface area contributed by atoms with Crippen LogP contribution in [-0.4, -0.2) is 28.2 Å². The summed E-state index contributed by atoms with van der Waals surface area (Å²) in [6.45, 7) is 1.86. The van der Waals surface area contributed by atoms with Crippen molar-refractivity contribution in [3.63, 3.8) is 0 Å². The van der Waals surface area contributed by atoms with E-state index in [1.165, 1.54) is 18.1 Å². The highest BCUT2D eigenvalue weighted by Gasteiger charge is 2.18. The molecule has 1 aromatic carbocycles. The zero-order valence-corrected chi connectivity index (χ0v) is 14.3. The fourth-order valence-corrected chi connectivity index (χ4v) is 3.89. The highest BCUT2D eigenvalue weighted by molar-refractivity contribution is 8.00. The van der Waals surface area contributed by atoms with Gasteiger partial charge in [-0.3, -0.25) is 4.79 Å². The maximum Gasteiger partial charge on any atom is 0.237 e. The van der Waals surface area contributed by atoms with Gasteiger partial charge in [0.1, 0.15) is 17.1 Å². The number of benzene rings is 1. The number of hydrogen-bond donors (Lipinski definition) is 1. The molecular weight excluding hydrogens is 330 g/mol. The Labute approximate surface area is 142 Å². The van der Waals surface area contributed by atoms with E-state index in [4.69, 9.17) is 4.74 Å². The number of thioether (sulfide) groups is 1. The zero-order valence-electron chi connectivity index (χ0n) is 12.6. The second-order valence-electron chi connectivity index (χ2n) is 4.76. The van der Waals surface area contributed by atoms with E-state index >= 15 is 0 Å². The normalized spacial score (nSPS) is 12.1. The Kier molecular flexibility index (Phi) is 4.78. The molecule has 3 aromatic rings. The van der Waals surface area contributed by atoms with Gasteiger partial charge in [-0.25, -0.2) is 9.97 Å². The molecule has 1 N–H and O–H groups in total. The summed E-state index contributed by atoms with van der Waals surface area (Å²) in [4.78, 5) is 20.9. The third kappa shape index (κ3) is 3.46. The average Bonchev–Trinajstić information content (AvgIpc) is 3.05. The van der Waals surface area contributed by atoms with E-state index < -0.39 is 0 Å². The molecule has 3 rings (SSSR count). The van der Waals surface area contributed by atoms with Crippen molar-refractivity contribution < 1.29 is 9.53 Å². The summed E-state index contributed by atoms with van der Waals surface area (Å²) < 4.78 is 6.26. The zero-order chi connectivity index (χ0) is 16.2. The largest absolute Gasteiger partial charge is 0.495 e. The molecule has 2 aromatic heterocycles. The molecule has 0 unspecified atom stereocenters. The molecule has 0 aliphatic rings. The smallest absolute Gasteiger partial charge is 0.237 e. The summed E-state index contributed by atoms with van der Waals surface area (Å²) in [7, 11) is 1.58. The standard InChI is InChI=1S/C16H15N3O2S2/c1-10(15(20)19-11-5-3-4-6-13(11)21-2)23-16-14-12(7-8-22-14)17-9-18-16/h3-10H,1-2H3,(H,19,20)/t10-/m1/s1. The molecule has 0 saturated heterocycles. The first-order valence-electron chi connectivity index (χ1n) is 6.98. The van der Waals surface area contributed by atoms with Crippen LogP contribution in [0.5, 0.6) is 5.75 Å². The van der Waals surface area contributed by atoms with Crippen LogP contribution in [0.4, 0.5) is 5.69 Å².